The van der Waals surface area contributed by atoms with E-state index in [-0.39, 0.29) is 22.9 Å². The number of aliphatic hydroxyl groups is 1. The van der Waals surface area contributed by atoms with Crippen molar-refractivity contribution >= 4 is 17.2 Å². The van der Waals surface area contributed by atoms with Crippen LogP contribution >= 0.6 is 0 Å². The van der Waals surface area contributed by atoms with Crippen LogP contribution in [-0.4, -0.2) is 21.4 Å². The van der Waals surface area contributed by atoms with Gasteiger partial charge in [-0.25, -0.2) is 0 Å². The molecule has 7 nitrogen and oxygen atoms in total. The molecule has 1 heterocycles. The lowest BCUT2D eigenvalue weighted by atomic mass is 9.86. The van der Waals surface area contributed by atoms with Crippen molar-refractivity contribution in [2.75, 3.05) is 4.90 Å². The van der Waals surface area contributed by atoms with E-state index in [9.17, 15) is 20.5 Å². The van der Waals surface area contributed by atoms with E-state index in [0.717, 1.165) is 0 Å². The number of amidine groups is 1. The summed E-state index contributed by atoms with van der Waals surface area (Å²) in [5, 5.41) is 38.3. The number of hydrogen-bond acceptors (Lipinski definition) is 5. The Bertz CT molecular complexity index is 876. The first-order valence-corrected chi connectivity index (χ1v) is 6.77. The molecule has 3 rings (SSSR count). The number of rotatable bonds is 2. The highest BCUT2D eigenvalue weighted by Crippen LogP contribution is 2.43. The molecule has 2 aliphatic rings. The molecule has 7 heteroatoms. The number of non-ortho nitro benzene ring substituents is 1. The molecule has 2 N–H and O–H groups in total. The fraction of sp³-hybridized carbons (Fsp3) is 0.125. The maximum Gasteiger partial charge on any atom is 0.271 e. The molecule has 0 radical (unpaired) electrons. The Kier molecular flexibility index (Phi) is 3.04. The monoisotopic (exact) mass is 308 g/mol. The molecule has 1 aliphatic heterocycles. The van der Waals surface area contributed by atoms with Crippen molar-refractivity contribution in [1.82, 2.24) is 0 Å². The first kappa shape index (κ1) is 14.5. The van der Waals surface area contributed by atoms with Crippen LogP contribution in [0.4, 0.5) is 11.4 Å². The lowest BCUT2D eigenvalue weighted by Gasteiger charge is -2.36. The summed E-state index contributed by atoms with van der Waals surface area (Å²) in [6.45, 7) is 1.79. The summed E-state index contributed by atoms with van der Waals surface area (Å²) in [5.41, 5.74) is 0.119. The van der Waals surface area contributed by atoms with Crippen molar-refractivity contribution in [1.29, 1.82) is 10.7 Å². The molecule has 1 aromatic carbocycles. The first-order valence-electron chi connectivity index (χ1n) is 6.77. The minimum absolute atomic E-state index is 0.00100. The highest BCUT2D eigenvalue weighted by atomic mass is 16.6. The Morgan fingerprint density at radius 3 is 2.87 bits per heavy atom. The molecule has 0 aromatic heterocycles. The summed E-state index contributed by atoms with van der Waals surface area (Å²) in [7, 11) is 0. The summed E-state index contributed by atoms with van der Waals surface area (Å²) < 4.78 is 0. The van der Waals surface area contributed by atoms with E-state index in [1.807, 2.05) is 6.07 Å². The van der Waals surface area contributed by atoms with E-state index in [0.29, 0.717) is 11.3 Å². The van der Waals surface area contributed by atoms with Crippen LogP contribution in [0.25, 0.3) is 0 Å². The Hall–Kier alpha value is -3.40. The van der Waals surface area contributed by atoms with Crippen LogP contribution in [0.3, 0.4) is 0 Å². The zero-order chi connectivity index (χ0) is 16.8. The number of nitro benzene ring substituents is 1. The molecular formula is C16H12N4O3. The van der Waals surface area contributed by atoms with Gasteiger partial charge < -0.3 is 10.0 Å². The smallest absolute Gasteiger partial charge is 0.271 e. The third kappa shape index (κ3) is 2.00. The third-order valence-electron chi connectivity index (χ3n) is 4.02. The molecular weight excluding hydrogens is 296 g/mol. The summed E-state index contributed by atoms with van der Waals surface area (Å²) in [5.74, 6) is -0.0555. The molecule has 23 heavy (non-hydrogen) atoms. The summed E-state index contributed by atoms with van der Waals surface area (Å²) in [4.78, 5) is 12.0. The number of anilines is 1. The second-order valence-electron chi connectivity index (χ2n) is 5.41. The number of aliphatic hydroxyl groups excluding tert-OH is 1. The minimum Gasteiger partial charge on any atom is -0.508 e. The Labute approximate surface area is 131 Å². The molecule has 1 atom stereocenters. The summed E-state index contributed by atoms with van der Waals surface area (Å²) in [6.07, 6.45) is 4.61. The fourth-order valence-corrected chi connectivity index (χ4v) is 2.93. The summed E-state index contributed by atoms with van der Waals surface area (Å²) >= 11 is 0. The van der Waals surface area contributed by atoms with E-state index < -0.39 is 10.5 Å². The van der Waals surface area contributed by atoms with E-state index in [2.05, 4.69) is 0 Å². The van der Waals surface area contributed by atoms with E-state index in [1.165, 1.54) is 30.4 Å². The van der Waals surface area contributed by atoms with Gasteiger partial charge in [-0.3, -0.25) is 15.5 Å². The topological polar surface area (TPSA) is 114 Å². The Balaban J connectivity index is 2.18. The number of benzene rings is 1. The minimum atomic E-state index is -0.858. The van der Waals surface area contributed by atoms with Crippen molar-refractivity contribution < 1.29 is 10.0 Å². The van der Waals surface area contributed by atoms with Gasteiger partial charge in [0.2, 0.25) is 0 Å². The van der Waals surface area contributed by atoms with Crippen LogP contribution in [0.15, 0.2) is 59.4 Å². The molecule has 0 saturated carbocycles. The molecule has 1 unspecified atom stereocenters. The van der Waals surface area contributed by atoms with E-state index in [4.69, 9.17) is 5.41 Å². The second-order valence-corrected chi connectivity index (χ2v) is 5.41. The molecule has 1 aromatic rings. The van der Waals surface area contributed by atoms with Crippen LogP contribution in [0.1, 0.15) is 6.92 Å². The third-order valence-corrected chi connectivity index (χ3v) is 4.02. The van der Waals surface area contributed by atoms with Gasteiger partial charge in [-0.1, -0.05) is 12.1 Å². The average molecular weight is 308 g/mol. The molecule has 0 saturated heterocycles. The predicted octanol–water partition coefficient (Wildman–Crippen LogP) is 2.98. The Morgan fingerprint density at radius 2 is 2.22 bits per heavy atom. The lowest BCUT2D eigenvalue weighted by Crippen LogP contribution is -2.45. The molecule has 114 valence electrons. The maximum atomic E-state index is 11.0. The number of nitrogens with zero attached hydrogens (tertiary/aromatic N) is 3. The largest absolute Gasteiger partial charge is 0.508 e. The lowest BCUT2D eigenvalue weighted by molar-refractivity contribution is -0.384. The molecule has 1 aliphatic carbocycles. The van der Waals surface area contributed by atoms with Gasteiger partial charge in [0, 0.05) is 17.7 Å². The summed E-state index contributed by atoms with van der Waals surface area (Å²) in [6, 6.07) is 7.90. The van der Waals surface area contributed by atoms with Gasteiger partial charge in [-0.05, 0) is 25.1 Å². The number of nitriles is 1. The van der Waals surface area contributed by atoms with E-state index in [1.54, 1.807) is 24.0 Å². The van der Waals surface area contributed by atoms with Gasteiger partial charge >= 0.3 is 0 Å². The van der Waals surface area contributed by atoms with Crippen molar-refractivity contribution in [3.05, 3.63) is 69.5 Å². The SMILES string of the molecule is CC12C=CC(O)=CC1=C(C#N)C(=N)N2c1cccc([N+](=O)[O-])c1. The average Bonchev–Trinajstić information content (AvgIpc) is 2.74. The van der Waals surface area contributed by atoms with Crippen molar-refractivity contribution in [2.24, 2.45) is 0 Å². The predicted molar refractivity (Wildman–Crippen MR) is 84.2 cm³/mol. The van der Waals surface area contributed by atoms with Crippen LogP contribution < -0.4 is 4.90 Å². The number of nitrogens with one attached hydrogen (secondary N) is 1. The van der Waals surface area contributed by atoms with Gasteiger partial charge in [0.25, 0.3) is 5.69 Å². The number of fused-ring (bicyclic) bond motifs is 1. The molecule has 0 spiro atoms. The molecule has 0 fully saturated rings. The number of nitro groups is 1. The van der Waals surface area contributed by atoms with Gasteiger partial charge in [-0.2, -0.15) is 5.26 Å². The number of allylic oxidation sites excluding steroid dienone is 1. The second kappa shape index (κ2) is 4.81. The Morgan fingerprint density at radius 1 is 1.48 bits per heavy atom. The quantitative estimate of drug-likeness (QED) is 0.644. The van der Waals surface area contributed by atoms with Crippen LogP contribution in [0, 0.1) is 26.9 Å². The number of hydrogen-bond donors (Lipinski definition) is 2. The van der Waals surface area contributed by atoms with Crippen molar-refractivity contribution in [2.45, 2.75) is 12.5 Å². The van der Waals surface area contributed by atoms with Gasteiger partial charge in [0.05, 0.1) is 16.1 Å². The van der Waals surface area contributed by atoms with Gasteiger partial charge in [-0.15, -0.1) is 0 Å². The zero-order valence-electron chi connectivity index (χ0n) is 12.1. The van der Waals surface area contributed by atoms with E-state index >= 15 is 0 Å². The molecule has 0 bridgehead atoms. The van der Waals surface area contributed by atoms with Crippen LogP contribution in [-0.2, 0) is 0 Å². The fourth-order valence-electron chi connectivity index (χ4n) is 2.93. The van der Waals surface area contributed by atoms with Crippen molar-refractivity contribution in [3.63, 3.8) is 0 Å². The normalized spacial score (nSPS) is 22.7. The molecule has 0 amide bonds. The highest BCUT2D eigenvalue weighted by Gasteiger charge is 2.46. The van der Waals surface area contributed by atoms with Crippen molar-refractivity contribution in [3.8, 4) is 6.07 Å². The standard InChI is InChI=1S/C16H12N4O3/c1-16-6-5-12(21)8-14(16)13(9-17)15(18)19(16)10-3-2-4-11(7-10)20(22)23/h2-8,18,21H,1H3. The highest BCUT2D eigenvalue weighted by molar-refractivity contribution is 6.16. The first-order chi connectivity index (χ1) is 10.9. The maximum absolute atomic E-state index is 11.0. The van der Waals surface area contributed by atoms with Crippen LogP contribution in [0.5, 0.6) is 0 Å². The van der Waals surface area contributed by atoms with Crippen LogP contribution in [0.2, 0.25) is 0 Å². The zero-order valence-corrected chi connectivity index (χ0v) is 12.1. The van der Waals surface area contributed by atoms with Gasteiger partial charge in [0.1, 0.15) is 23.2 Å². The van der Waals surface area contributed by atoms with Gasteiger partial charge in [0.15, 0.2) is 0 Å².